The van der Waals surface area contributed by atoms with Crippen LogP contribution in [0.15, 0.2) is 164 Å². The van der Waals surface area contributed by atoms with Crippen LogP contribution in [0.3, 0.4) is 0 Å². The van der Waals surface area contributed by atoms with E-state index in [0.29, 0.717) is 0 Å². The summed E-state index contributed by atoms with van der Waals surface area (Å²) in [5.74, 6) is 0. The Morgan fingerprint density at radius 2 is 1.03 bits per heavy atom. The first-order valence-corrected chi connectivity index (χ1v) is 27.7. The molecule has 1 fully saturated rings. The molecule has 3 nitrogen and oxygen atoms in total. The van der Waals surface area contributed by atoms with E-state index < -0.39 is 0 Å². The second-order valence-electron chi connectivity index (χ2n) is 25.3. The van der Waals surface area contributed by atoms with Crippen molar-refractivity contribution >= 4 is 100 Å². The maximum atomic E-state index is 2.82. The van der Waals surface area contributed by atoms with Gasteiger partial charge < -0.3 is 14.7 Å². The van der Waals surface area contributed by atoms with Crippen LogP contribution in [0.5, 0.6) is 0 Å². The smallest absolute Gasteiger partial charge is 0.252 e. The van der Waals surface area contributed by atoms with Crippen LogP contribution in [-0.2, 0) is 21.7 Å². The number of nitrogens with zero attached hydrogens (tertiary/aromatic N) is 3. The standard InChI is InChI=1S/C68H68BN3S/c1-64(2,3)45-27-31-48(32-28-45)70-55-34-29-46(65(4,5)6)39-52(55)69-53-40-47(66(7,8)9)30-35-56(53)71(57-23-19-25-61-62(57)50-22-15-16-24-60(50)73-61)59-42-49(41-58(70)63(59)69)72-54-33-26-44(43-20-13-12-14-21-43)38-51(54)67(10)36-17-18-37-68(67,72)11/h12-16,19-35,38-42H,17-18,36-37H2,1-11H3. The summed E-state index contributed by atoms with van der Waals surface area (Å²) >= 11 is 1.91. The number of anilines is 8. The summed E-state index contributed by atoms with van der Waals surface area (Å²) < 4.78 is 2.63. The molecule has 0 spiro atoms. The van der Waals surface area contributed by atoms with Crippen molar-refractivity contribution in [1.29, 1.82) is 0 Å². The van der Waals surface area contributed by atoms with Crippen molar-refractivity contribution in [3.63, 3.8) is 0 Å². The Morgan fingerprint density at radius 1 is 0.452 bits per heavy atom. The van der Waals surface area contributed by atoms with E-state index >= 15 is 0 Å². The van der Waals surface area contributed by atoms with E-state index in [9.17, 15) is 0 Å². The van der Waals surface area contributed by atoms with E-state index in [-0.39, 0.29) is 33.9 Å². The average molecular weight is 970 g/mol. The van der Waals surface area contributed by atoms with E-state index in [1.54, 1.807) is 0 Å². The van der Waals surface area contributed by atoms with Gasteiger partial charge in [0.15, 0.2) is 0 Å². The van der Waals surface area contributed by atoms with Gasteiger partial charge in [-0.3, -0.25) is 0 Å². The van der Waals surface area contributed by atoms with Crippen LogP contribution in [-0.4, -0.2) is 12.3 Å². The molecule has 0 amide bonds. The normalized spacial score (nSPS) is 19.2. The Kier molecular flexibility index (Phi) is 10.1. The van der Waals surface area contributed by atoms with Gasteiger partial charge in [-0.2, -0.15) is 0 Å². The fourth-order valence-electron chi connectivity index (χ4n) is 13.6. The third-order valence-corrected chi connectivity index (χ3v) is 19.0. The summed E-state index contributed by atoms with van der Waals surface area (Å²) in [4.78, 5) is 8.15. The summed E-state index contributed by atoms with van der Waals surface area (Å²) in [7, 11) is 0. The molecule has 1 aliphatic carbocycles. The number of benzene rings is 8. The number of hydrogen-bond donors (Lipinski definition) is 0. The summed E-state index contributed by atoms with van der Waals surface area (Å²) in [6.07, 6.45) is 4.72. The maximum Gasteiger partial charge on any atom is 0.252 e. The minimum Gasteiger partial charge on any atom is -0.334 e. The van der Waals surface area contributed by atoms with Gasteiger partial charge in [-0.1, -0.05) is 179 Å². The molecule has 2 atom stereocenters. The van der Waals surface area contributed by atoms with Crippen LogP contribution in [0.2, 0.25) is 0 Å². The summed E-state index contributed by atoms with van der Waals surface area (Å²) in [6, 6.07) is 64.1. The lowest BCUT2D eigenvalue weighted by atomic mass is 9.33. The van der Waals surface area contributed by atoms with Crippen LogP contribution in [0.4, 0.5) is 45.5 Å². The Labute approximate surface area is 438 Å². The largest absolute Gasteiger partial charge is 0.334 e. The lowest BCUT2D eigenvalue weighted by Gasteiger charge is -2.51. The zero-order valence-corrected chi connectivity index (χ0v) is 45.6. The highest BCUT2D eigenvalue weighted by atomic mass is 32.1. The van der Waals surface area contributed by atoms with Crippen molar-refractivity contribution in [1.82, 2.24) is 0 Å². The number of fused-ring (bicyclic) bond motifs is 10. The highest BCUT2D eigenvalue weighted by molar-refractivity contribution is 7.26. The molecular weight excluding hydrogens is 902 g/mol. The lowest BCUT2D eigenvalue weighted by Crippen LogP contribution is -2.62. The van der Waals surface area contributed by atoms with Crippen molar-refractivity contribution in [3.05, 3.63) is 186 Å². The topological polar surface area (TPSA) is 9.72 Å². The monoisotopic (exact) mass is 970 g/mol. The van der Waals surface area contributed by atoms with Crippen LogP contribution >= 0.6 is 11.3 Å². The van der Waals surface area contributed by atoms with Gasteiger partial charge in [-0.15, -0.1) is 11.3 Å². The lowest BCUT2D eigenvalue weighted by molar-refractivity contribution is 0.195. The van der Waals surface area contributed by atoms with Gasteiger partial charge in [0, 0.05) is 65.4 Å². The SMILES string of the molecule is CC(C)(C)c1ccc(N2c3ccc(C(C)(C)C)cc3B3c4cc(C(C)(C)C)ccc4N(c4cccc5sc6ccccc6c45)c4cc(N5c6ccc(-c7ccccc7)cc6C6(C)CCCCC56C)cc2c43)cc1. The Balaban J connectivity index is 1.17. The molecule has 8 aromatic carbocycles. The summed E-state index contributed by atoms with van der Waals surface area (Å²) in [5.41, 5.74) is 21.9. The Morgan fingerprint density at radius 3 is 1.70 bits per heavy atom. The average Bonchev–Trinajstić information content (AvgIpc) is 3.85. The van der Waals surface area contributed by atoms with Gasteiger partial charge >= 0.3 is 0 Å². The first-order valence-electron chi connectivity index (χ1n) is 26.9. The first kappa shape index (κ1) is 46.2. The molecule has 3 aliphatic heterocycles. The molecular formula is C68H68BN3S. The van der Waals surface area contributed by atoms with Gasteiger partial charge in [0.1, 0.15) is 0 Å². The summed E-state index contributed by atoms with van der Waals surface area (Å²) in [6.45, 7) is 26.3. The van der Waals surface area contributed by atoms with Gasteiger partial charge in [-0.25, -0.2) is 0 Å². The number of thiophene rings is 1. The van der Waals surface area contributed by atoms with Crippen molar-refractivity contribution in [3.8, 4) is 11.1 Å². The maximum absolute atomic E-state index is 2.82. The van der Waals surface area contributed by atoms with Crippen LogP contribution in [0.25, 0.3) is 31.3 Å². The van der Waals surface area contributed by atoms with Gasteiger partial charge in [0.2, 0.25) is 0 Å². The van der Waals surface area contributed by atoms with Gasteiger partial charge in [0.05, 0.1) is 11.2 Å². The Bertz CT molecular complexity index is 3700. The Hall–Kier alpha value is -6.56. The molecule has 364 valence electrons. The van der Waals surface area contributed by atoms with Crippen molar-refractivity contribution in [2.45, 2.75) is 129 Å². The van der Waals surface area contributed by atoms with Crippen LogP contribution in [0.1, 0.15) is 124 Å². The van der Waals surface area contributed by atoms with E-state index in [0.717, 1.165) is 12.8 Å². The molecule has 2 unspecified atom stereocenters. The third-order valence-electron chi connectivity index (χ3n) is 17.9. The number of rotatable bonds is 4. The molecule has 1 saturated carbocycles. The first-order chi connectivity index (χ1) is 34.8. The van der Waals surface area contributed by atoms with Crippen molar-refractivity contribution in [2.24, 2.45) is 0 Å². The molecule has 4 aliphatic rings. The second-order valence-corrected chi connectivity index (χ2v) is 26.4. The molecule has 0 radical (unpaired) electrons. The fraction of sp³-hybridized carbons (Fsp3) is 0.294. The quantitative estimate of drug-likeness (QED) is 0.163. The molecule has 13 rings (SSSR count). The molecule has 5 heteroatoms. The highest BCUT2D eigenvalue weighted by Gasteiger charge is 2.58. The van der Waals surface area contributed by atoms with Crippen molar-refractivity contribution in [2.75, 3.05) is 14.7 Å². The van der Waals surface area contributed by atoms with Gasteiger partial charge in [-0.05, 0) is 153 Å². The zero-order valence-electron chi connectivity index (χ0n) is 44.7. The van der Waals surface area contributed by atoms with Crippen LogP contribution in [0, 0.1) is 0 Å². The van der Waals surface area contributed by atoms with Crippen molar-refractivity contribution < 1.29 is 0 Å². The fourth-order valence-corrected chi connectivity index (χ4v) is 14.7. The molecule has 0 bridgehead atoms. The van der Waals surface area contributed by atoms with Gasteiger partial charge in [0.25, 0.3) is 6.71 Å². The van der Waals surface area contributed by atoms with E-state index in [2.05, 4.69) is 255 Å². The third kappa shape index (κ3) is 6.90. The molecule has 73 heavy (non-hydrogen) atoms. The molecule has 0 N–H and O–H groups in total. The zero-order chi connectivity index (χ0) is 50.6. The van der Waals surface area contributed by atoms with E-state index in [1.165, 1.54) is 128 Å². The molecule has 1 aromatic heterocycles. The van der Waals surface area contributed by atoms with E-state index in [1.807, 2.05) is 11.3 Å². The number of hydrogen-bond acceptors (Lipinski definition) is 4. The van der Waals surface area contributed by atoms with Crippen LogP contribution < -0.4 is 31.1 Å². The molecule has 0 saturated heterocycles. The second kappa shape index (κ2) is 16.0. The minimum atomic E-state index is -0.167. The predicted molar refractivity (Wildman–Crippen MR) is 318 cm³/mol. The summed E-state index contributed by atoms with van der Waals surface area (Å²) in [5, 5.41) is 2.63. The van der Waals surface area contributed by atoms with E-state index in [4.69, 9.17) is 0 Å². The minimum absolute atomic E-state index is 0.0109. The predicted octanol–water partition coefficient (Wildman–Crippen LogP) is 17.4. The molecule has 4 heterocycles. The highest BCUT2D eigenvalue weighted by Crippen LogP contribution is 2.62. The molecule has 9 aromatic rings.